The van der Waals surface area contributed by atoms with E-state index >= 15 is 0 Å². The van der Waals surface area contributed by atoms with Gasteiger partial charge in [0.1, 0.15) is 0 Å². The maximum atomic E-state index is 10.8. The summed E-state index contributed by atoms with van der Waals surface area (Å²) in [5.74, 6) is 5.40. The van der Waals surface area contributed by atoms with E-state index in [1.54, 1.807) is 0 Å². The van der Waals surface area contributed by atoms with E-state index in [9.17, 15) is 4.79 Å². The highest BCUT2D eigenvalue weighted by Crippen LogP contribution is 2.15. The average molecular weight is 183 g/mol. The van der Waals surface area contributed by atoms with Crippen LogP contribution in [0.4, 0.5) is 5.82 Å². The van der Waals surface area contributed by atoms with Crippen LogP contribution in [0.2, 0.25) is 0 Å². The molecule has 2 rings (SSSR count). The number of hydrogen-bond donors (Lipinski definition) is 3. The van der Waals surface area contributed by atoms with E-state index in [1.807, 2.05) is 0 Å². The van der Waals surface area contributed by atoms with Gasteiger partial charge in [-0.15, -0.1) is 5.10 Å². The molecular formula is C4H5N7O2. The monoisotopic (exact) mass is 183 g/mol. The van der Waals surface area contributed by atoms with Gasteiger partial charge in [-0.3, -0.25) is 0 Å². The van der Waals surface area contributed by atoms with Crippen molar-refractivity contribution in [2.24, 2.45) is 0 Å². The van der Waals surface area contributed by atoms with Gasteiger partial charge in [-0.2, -0.15) is 4.68 Å². The smallest absolute Gasteiger partial charge is 0.362 e. The lowest BCUT2D eigenvalue weighted by atomic mass is 10.4. The molecule has 0 amide bonds. The summed E-state index contributed by atoms with van der Waals surface area (Å²) in [6.45, 7) is 0. The second kappa shape index (κ2) is 2.33. The van der Waals surface area contributed by atoms with Gasteiger partial charge in [0, 0.05) is 0 Å². The predicted octanol–water partition coefficient (Wildman–Crippen LogP) is -2.08. The molecule has 13 heavy (non-hydrogen) atoms. The molecule has 2 aromatic heterocycles. The lowest BCUT2D eigenvalue weighted by Gasteiger charge is -1.92. The van der Waals surface area contributed by atoms with E-state index in [4.69, 9.17) is 11.6 Å². The van der Waals surface area contributed by atoms with Crippen molar-refractivity contribution >= 4 is 5.82 Å². The van der Waals surface area contributed by atoms with Gasteiger partial charge in [-0.25, -0.2) is 14.5 Å². The molecule has 2 heterocycles. The van der Waals surface area contributed by atoms with Crippen LogP contribution in [0.15, 0.2) is 9.42 Å². The Labute approximate surface area is 70.3 Å². The number of nitrogens with zero attached hydrogens (tertiary/aromatic N) is 4. The maximum absolute atomic E-state index is 10.8. The molecule has 68 valence electrons. The van der Waals surface area contributed by atoms with Gasteiger partial charge in [0.25, 0.3) is 0 Å². The third-order valence-corrected chi connectivity index (χ3v) is 1.43. The predicted molar refractivity (Wildman–Crippen MR) is 40.7 cm³/mol. The summed E-state index contributed by atoms with van der Waals surface area (Å²) in [6, 6.07) is 0. The van der Waals surface area contributed by atoms with E-state index < -0.39 is 5.69 Å². The van der Waals surface area contributed by atoms with Crippen LogP contribution >= 0.6 is 0 Å². The first-order chi connectivity index (χ1) is 6.20. The zero-order valence-corrected chi connectivity index (χ0v) is 6.26. The number of nitrogen functional groups attached to an aromatic ring is 2. The quantitative estimate of drug-likeness (QED) is 0.430. The van der Waals surface area contributed by atoms with Crippen LogP contribution in [0, 0.1) is 0 Å². The van der Waals surface area contributed by atoms with Crippen molar-refractivity contribution < 1.29 is 4.63 Å². The topological polar surface area (TPSA) is 142 Å². The Hall–Kier alpha value is -2.32. The van der Waals surface area contributed by atoms with Gasteiger partial charge in [0.15, 0.2) is 11.5 Å². The molecule has 0 aliphatic rings. The van der Waals surface area contributed by atoms with E-state index in [0.29, 0.717) is 0 Å². The minimum absolute atomic E-state index is 0.0192. The SMILES string of the molecule is Nc1nonc1-c1n[nH]c(=O)n1N. The summed E-state index contributed by atoms with van der Waals surface area (Å²) in [4.78, 5) is 10.8. The van der Waals surface area contributed by atoms with Crippen LogP contribution in [-0.4, -0.2) is 25.2 Å². The molecule has 0 bridgehead atoms. The van der Waals surface area contributed by atoms with Crippen LogP contribution in [0.5, 0.6) is 0 Å². The summed E-state index contributed by atoms with van der Waals surface area (Å²) in [5, 5.41) is 12.4. The largest absolute Gasteiger partial charge is 0.379 e. The normalized spacial score (nSPS) is 10.5. The molecule has 0 fully saturated rings. The molecule has 0 aliphatic heterocycles. The fourth-order valence-electron chi connectivity index (χ4n) is 0.822. The number of H-pyrrole nitrogens is 1. The molecule has 9 heteroatoms. The molecule has 0 spiro atoms. The molecule has 0 saturated carbocycles. The second-order valence-electron chi connectivity index (χ2n) is 2.22. The molecule has 0 atom stereocenters. The molecule has 0 radical (unpaired) electrons. The van der Waals surface area contributed by atoms with Crippen molar-refractivity contribution in [3.8, 4) is 11.5 Å². The van der Waals surface area contributed by atoms with Crippen molar-refractivity contribution in [2.75, 3.05) is 11.6 Å². The van der Waals surface area contributed by atoms with E-state index in [1.165, 1.54) is 0 Å². The zero-order chi connectivity index (χ0) is 9.42. The molecule has 0 saturated heterocycles. The lowest BCUT2D eigenvalue weighted by molar-refractivity contribution is 0.310. The number of aromatic amines is 1. The van der Waals surface area contributed by atoms with Crippen LogP contribution < -0.4 is 17.3 Å². The van der Waals surface area contributed by atoms with Crippen molar-refractivity contribution in [2.45, 2.75) is 0 Å². The molecule has 5 N–H and O–H groups in total. The van der Waals surface area contributed by atoms with E-state index in [0.717, 1.165) is 4.68 Å². The van der Waals surface area contributed by atoms with Crippen molar-refractivity contribution in [3.63, 3.8) is 0 Å². The van der Waals surface area contributed by atoms with E-state index in [2.05, 4.69) is 25.1 Å². The Morgan fingerprint density at radius 3 is 2.69 bits per heavy atom. The highest BCUT2D eigenvalue weighted by molar-refractivity contribution is 5.61. The minimum Gasteiger partial charge on any atom is -0.379 e. The number of rotatable bonds is 1. The third-order valence-electron chi connectivity index (χ3n) is 1.43. The summed E-state index contributed by atoms with van der Waals surface area (Å²) in [5.41, 5.74) is 4.91. The Kier molecular flexibility index (Phi) is 1.32. The van der Waals surface area contributed by atoms with Crippen LogP contribution in [-0.2, 0) is 0 Å². The Balaban J connectivity index is 2.65. The Morgan fingerprint density at radius 2 is 2.23 bits per heavy atom. The van der Waals surface area contributed by atoms with Crippen LogP contribution in [0.25, 0.3) is 11.5 Å². The third kappa shape index (κ3) is 0.937. The first-order valence-electron chi connectivity index (χ1n) is 3.21. The molecule has 0 aliphatic carbocycles. The summed E-state index contributed by atoms with van der Waals surface area (Å²) in [7, 11) is 0. The number of hydrogen-bond acceptors (Lipinski definition) is 7. The van der Waals surface area contributed by atoms with Gasteiger partial charge < -0.3 is 11.6 Å². The van der Waals surface area contributed by atoms with Gasteiger partial charge in [-0.05, 0) is 10.3 Å². The zero-order valence-electron chi connectivity index (χ0n) is 6.26. The molecule has 9 nitrogen and oxygen atoms in total. The van der Waals surface area contributed by atoms with Gasteiger partial charge >= 0.3 is 5.69 Å². The fraction of sp³-hybridized carbons (Fsp3) is 0. The molecule has 0 unspecified atom stereocenters. The van der Waals surface area contributed by atoms with E-state index in [-0.39, 0.29) is 17.3 Å². The molecule has 0 aromatic carbocycles. The van der Waals surface area contributed by atoms with Gasteiger partial charge in [0.05, 0.1) is 0 Å². The van der Waals surface area contributed by atoms with Crippen molar-refractivity contribution in [1.29, 1.82) is 0 Å². The number of anilines is 1. The minimum atomic E-state index is -0.572. The fourth-order valence-corrected chi connectivity index (χ4v) is 0.822. The standard InChI is InChI=1S/C4H5N7O2/c5-2-1(9-13-10-2)3-7-8-4(12)11(3)6/h6H2,(H2,5,10)(H,8,12). The second-order valence-corrected chi connectivity index (χ2v) is 2.22. The number of nitrogens with one attached hydrogen (secondary N) is 1. The molecule has 2 aromatic rings. The summed E-state index contributed by atoms with van der Waals surface area (Å²) < 4.78 is 5.07. The Bertz CT molecular complexity index is 479. The number of nitrogens with two attached hydrogens (primary N) is 2. The maximum Gasteiger partial charge on any atom is 0.362 e. The number of aromatic nitrogens is 5. The highest BCUT2D eigenvalue weighted by atomic mass is 16.6. The average Bonchev–Trinajstić information content (AvgIpc) is 2.62. The summed E-state index contributed by atoms with van der Waals surface area (Å²) >= 11 is 0. The lowest BCUT2D eigenvalue weighted by Crippen LogP contribution is -2.25. The highest BCUT2D eigenvalue weighted by Gasteiger charge is 2.16. The first-order valence-corrected chi connectivity index (χ1v) is 3.21. The first kappa shape index (κ1) is 7.34. The Morgan fingerprint density at radius 1 is 1.46 bits per heavy atom. The van der Waals surface area contributed by atoms with Gasteiger partial charge in [-0.1, -0.05) is 0 Å². The van der Waals surface area contributed by atoms with Gasteiger partial charge in [0.2, 0.25) is 5.82 Å². The summed E-state index contributed by atoms with van der Waals surface area (Å²) in [6.07, 6.45) is 0. The van der Waals surface area contributed by atoms with Crippen molar-refractivity contribution in [3.05, 3.63) is 10.5 Å². The molecular weight excluding hydrogens is 178 g/mol. The van der Waals surface area contributed by atoms with Crippen LogP contribution in [0.1, 0.15) is 0 Å². The van der Waals surface area contributed by atoms with Crippen molar-refractivity contribution in [1.82, 2.24) is 25.2 Å². The van der Waals surface area contributed by atoms with Crippen LogP contribution in [0.3, 0.4) is 0 Å².